The molecule has 29 heavy (non-hydrogen) atoms. The molecular weight excluding hydrogens is 370 g/mol. The Hall–Kier alpha value is -3.19. The molecule has 148 valence electrons. The second-order valence-electron chi connectivity index (χ2n) is 7.67. The molecule has 2 aromatic rings. The largest absolute Gasteiger partial charge is 0.497 e. The van der Waals surface area contributed by atoms with E-state index in [1.54, 1.807) is 48.7 Å². The first kappa shape index (κ1) is 17.9. The van der Waals surface area contributed by atoms with Gasteiger partial charge in [-0.2, -0.15) is 0 Å². The normalized spacial score (nSPS) is 29.2. The van der Waals surface area contributed by atoms with E-state index in [4.69, 9.17) is 9.47 Å². The standard InChI is InChI=1S/C22H21N3O4/c1-28-16-4-2-15(3-5-16)24-20(26)18-17-6-9-22(29-17)13-25(21(27)19(18)22)12-14-7-10-23-11-8-14/h2-11,17-19H,12-13H2,1H3,(H,24,26)/t17-,18-,19-,22+/m1/s1. The first-order chi connectivity index (χ1) is 14.1. The summed E-state index contributed by atoms with van der Waals surface area (Å²) in [5.41, 5.74) is 0.953. The number of rotatable bonds is 5. The van der Waals surface area contributed by atoms with Gasteiger partial charge < -0.3 is 19.7 Å². The Kier molecular flexibility index (Phi) is 4.13. The molecule has 2 bridgehead atoms. The number of fused-ring (bicyclic) bond motifs is 1. The third kappa shape index (κ3) is 2.89. The summed E-state index contributed by atoms with van der Waals surface area (Å²) < 4.78 is 11.3. The Labute approximate surface area is 168 Å². The van der Waals surface area contributed by atoms with E-state index >= 15 is 0 Å². The van der Waals surface area contributed by atoms with Crippen molar-refractivity contribution in [2.24, 2.45) is 11.8 Å². The van der Waals surface area contributed by atoms with E-state index < -0.39 is 17.4 Å². The number of benzene rings is 1. The molecule has 0 radical (unpaired) electrons. The average Bonchev–Trinajstić information content (AvgIpc) is 3.38. The topological polar surface area (TPSA) is 80.8 Å². The molecule has 3 aliphatic heterocycles. The molecule has 1 aromatic heterocycles. The van der Waals surface area contributed by atoms with Gasteiger partial charge in [-0.3, -0.25) is 14.6 Å². The van der Waals surface area contributed by atoms with Crippen molar-refractivity contribution in [1.82, 2.24) is 9.88 Å². The van der Waals surface area contributed by atoms with E-state index in [1.807, 2.05) is 24.3 Å². The van der Waals surface area contributed by atoms with E-state index in [0.29, 0.717) is 24.5 Å². The van der Waals surface area contributed by atoms with Gasteiger partial charge in [-0.25, -0.2) is 0 Å². The summed E-state index contributed by atoms with van der Waals surface area (Å²) in [6, 6.07) is 10.9. The van der Waals surface area contributed by atoms with E-state index in [-0.39, 0.29) is 17.9 Å². The Bertz CT molecular complexity index is 975. The van der Waals surface area contributed by atoms with Crippen LogP contribution in [0.25, 0.3) is 0 Å². The van der Waals surface area contributed by atoms with Gasteiger partial charge in [-0.05, 0) is 42.0 Å². The van der Waals surface area contributed by atoms with Gasteiger partial charge in [0, 0.05) is 24.6 Å². The average molecular weight is 391 g/mol. The highest BCUT2D eigenvalue weighted by molar-refractivity contribution is 5.99. The van der Waals surface area contributed by atoms with Gasteiger partial charge in [0.05, 0.1) is 31.6 Å². The quantitative estimate of drug-likeness (QED) is 0.789. The SMILES string of the molecule is COc1ccc(NC(=O)[C@@H]2[C@H]3C=C[C@@]4(CN(Cc5ccncc5)C(=O)[C@@H]24)O3)cc1. The van der Waals surface area contributed by atoms with E-state index in [1.165, 1.54) is 0 Å². The fourth-order valence-corrected chi connectivity index (χ4v) is 4.62. The number of carbonyl (C=O) groups is 2. The van der Waals surface area contributed by atoms with Crippen LogP contribution in [0.1, 0.15) is 5.56 Å². The summed E-state index contributed by atoms with van der Waals surface area (Å²) in [6.45, 7) is 0.937. The molecule has 0 unspecified atom stereocenters. The maximum atomic E-state index is 13.2. The molecule has 0 aliphatic carbocycles. The summed E-state index contributed by atoms with van der Waals surface area (Å²) in [4.78, 5) is 32.1. The van der Waals surface area contributed by atoms with Crippen LogP contribution in [0.15, 0.2) is 60.9 Å². The third-order valence-corrected chi connectivity index (χ3v) is 5.96. The fraction of sp³-hybridized carbons (Fsp3) is 0.318. The summed E-state index contributed by atoms with van der Waals surface area (Å²) in [5.74, 6) is -0.570. The molecule has 2 fully saturated rings. The zero-order valence-corrected chi connectivity index (χ0v) is 15.9. The Morgan fingerprint density at radius 2 is 2.03 bits per heavy atom. The van der Waals surface area contributed by atoms with Crippen LogP contribution < -0.4 is 10.1 Å². The summed E-state index contributed by atoms with van der Waals surface area (Å²) in [7, 11) is 1.59. The van der Waals surface area contributed by atoms with Crippen LogP contribution in [-0.2, 0) is 20.9 Å². The minimum absolute atomic E-state index is 0.0384. The number of ether oxygens (including phenoxy) is 2. The predicted molar refractivity (Wildman–Crippen MR) is 105 cm³/mol. The van der Waals surface area contributed by atoms with Crippen molar-refractivity contribution in [1.29, 1.82) is 0 Å². The monoisotopic (exact) mass is 391 g/mol. The highest BCUT2D eigenvalue weighted by atomic mass is 16.5. The fourth-order valence-electron chi connectivity index (χ4n) is 4.62. The minimum Gasteiger partial charge on any atom is -0.497 e. The molecule has 0 saturated carbocycles. The van der Waals surface area contributed by atoms with Crippen molar-refractivity contribution in [2.75, 3.05) is 19.0 Å². The molecule has 1 N–H and O–H groups in total. The van der Waals surface area contributed by atoms with Crippen LogP contribution >= 0.6 is 0 Å². The molecular formula is C22H21N3O4. The number of nitrogens with one attached hydrogen (secondary N) is 1. The highest BCUT2D eigenvalue weighted by Gasteiger charge is 2.66. The van der Waals surface area contributed by atoms with Crippen LogP contribution in [0, 0.1) is 11.8 Å². The van der Waals surface area contributed by atoms with Crippen molar-refractivity contribution >= 4 is 17.5 Å². The van der Waals surface area contributed by atoms with Crippen molar-refractivity contribution in [3.63, 3.8) is 0 Å². The van der Waals surface area contributed by atoms with Crippen molar-refractivity contribution in [3.8, 4) is 5.75 Å². The lowest BCUT2D eigenvalue weighted by molar-refractivity contribution is -0.136. The number of pyridine rings is 1. The third-order valence-electron chi connectivity index (χ3n) is 5.96. The van der Waals surface area contributed by atoms with Crippen molar-refractivity contribution in [2.45, 2.75) is 18.2 Å². The van der Waals surface area contributed by atoms with Crippen LogP contribution in [-0.4, -0.2) is 47.1 Å². The lowest BCUT2D eigenvalue weighted by Gasteiger charge is -2.23. The number of nitrogens with zero attached hydrogens (tertiary/aromatic N) is 2. The van der Waals surface area contributed by atoms with Gasteiger partial charge in [-0.1, -0.05) is 12.2 Å². The molecule has 1 spiro atoms. The van der Waals surface area contributed by atoms with Crippen LogP contribution in [0.3, 0.4) is 0 Å². The molecule has 4 atom stereocenters. The first-order valence-electron chi connectivity index (χ1n) is 9.59. The second kappa shape index (κ2) is 6.70. The molecule has 1 aromatic carbocycles. The Morgan fingerprint density at radius 3 is 2.76 bits per heavy atom. The predicted octanol–water partition coefficient (Wildman–Crippen LogP) is 2.01. The van der Waals surface area contributed by atoms with E-state index in [2.05, 4.69) is 10.3 Å². The summed E-state index contributed by atoms with van der Waals surface area (Å²) in [5, 5.41) is 2.93. The van der Waals surface area contributed by atoms with Crippen LogP contribution in [0.5, 0.6) is 5.75 Å². The summed E-state index contributed by atoms with van der Waals surface area (Å²) in [6.07, 6.45) is 6.93. The van der Waals surface area contributed by atoms with Crippen molar-refractivity contribution in [3.05, 3.63) is 66.5 Å². The lowest BCUT2D eigenvalue weighted by atomic mass is 9.77. The van der Waals surface area contributed by atoms with Gasteiger partial charge in [-0.15, -0.1) is 0 Å². The zero-order chi connectivity index (χ0) is 20.0. The maximum Gasteiger partial charge on any atom is 0.231 e. The molecule has 7 heteroatoms. The van der Waals surface area contributed by atoms with Crippen molar-refractivity contribution < 1.29 is 19.1 Å². The molecule has 5 rings (SSSR count). The smallest absolute Gasteiger partial charge is 0.231 e. The van der Waals surface area contributed by atoms with Gasteiger partial charge >= 0.3 is 0 Å². The molecule has 2 amide bonds. The highest BCUT2D eigenvalue weighted by Crippen LogP contribution is 2.52. The number of hydrogen-bond acceptors (Lipinski definition) is 5. The molecule has 4 heterocycles. The molecule has 7 nitrogen and oxygen atoms in total. The Morgan fingerprint density at radius 1 is 1.28 bits per heavy atom. The first-order valence-corrected chi connectivity index (χ1v) is 9.59. The van der Waals surface area contributed by atoms with Gasteiger partial charge in [0.15, 0.2) is 0 Å². The van der Waals surface area contributed by atoms with Crippen LogP contribution in [0.4, 0.5) is 5.69 Å². The Balaban J connectivity index is 1.36. The zero-order valence-electron chi connectivity index (χ0n) is 15.9. The van der Waals surface area contributed by atoms with Crippen LogP contribution in [0.2, 0.25) is 0 Å². The van der Waals surface area contributed by atoms with Gasteiger partial charge in [0.25, 0.3) is 0 Å². The number of carbonyl (C=O) groups excluding carboxylic acids is 2. The van der Waals surface area contributed by atoms with Gasteiger partial charge in [0.2, 0.25) is 11.8 Å². The number of hydrogen-bond donors (Lipinski definition) is 1. The number of amides is 2. The van der Waals surface area contributed by atoms with E-state index in [0.717, 1.165) is 5.56 Å². The molecule has 2 saturated heterocycles. The van der Waals surface area contributed by atoms with Gasteiger partial charge in [0.1, 0.15) is 11.4 Å². The summed E-state index contributed by atoms with van der Waals surface area (Å²) >= 11 is 0. The number of methoxy groups -OCH3 is 1. The minimum atomic E-state index is -0.712. The second-order valence-corrected chi connectivity index (χ2v) is 7.67. The molecule has 3 aliphatic rings. The number of aromatic nitrogens is 1. The number of anilines is 1. The number of likely N-dealkylation sites (tertiary alicyclic amines) is 1. The lowest BCUT2D eigenvalue weighted by Crippen LogP contribution is -2.41. The maximum absolute atomic E-state index is 13.2. The van der Waals surface area contributed by atoms with E-state index in [9.17, 15) is 9.59 Å².